The van der Waals surface area contributed by atoms with Crippen molar-refractivity contribution in [1.29, 1.82) is 5.41 Å². The SMILES string of the molecule is CC(C)S(=O)(=O)N(c1ccccc1)[C@@H](C)C(=O)[N+]1(C(=O)NCC2CCN(C(=N)N)CC2)CCC[C@H]1C. The van der Waals surface area contributed by atoms with Gasteiger partial charge in [-0.3, -0.25) is 9.71 Å². The molecule has 2 aliphatic heterocycles. The second kappa shape index (κ2) is 11.2. The highest BCUT2D eigenvalue weighted by molar-refractivity contribution is 7.93. The molecule has 1 unspecified atom stereocenters. The molecule has 10 nitrogen and oxygen atoms in total. The molecular formula is C25H41N6O4S+. The number of quaternary nitrogens is 1. The molecule has 3 atom stereocenters. The Morgan fingerprint density at radius 2 is 1.78 bits per heavy atom. The summed E-state index contributed by atoms with van der Waals surface area (Å²) in [7, 11) is -3.84. The normalized spacial score (nSPS) is 23.9. The van der Waals surface area contributed by atoms with Crippen LogP contribution in [0.3, 0.4) is 0 Å². The van der Waals surface area contributed by atoms with Crippen molar-refractivity contribution < 1.29 is 22.5 Å². The molecule has 0 spiro atoms. The van der Waals surface area contributed by atoms with Gasteiger partial charge in [-0.05, 0) is 58.6 Å². The number of benzene rings is 1. The summed E-state index contributed by atoms with van der Waals surface area (Å²) in [6.45, 7) is 8.79. The Bertz CT molecular complexity index is 1060. The Labute approximate surface area is 215 Å². The lowest BCUT2D eigenvalue weighted by Gasteiger charge is -2.39. The third-order valence-electron chi connectivity index (χ3n) is 7.73. The van der Waals surface area contributed by atoms with Crippen LogP contribution in [-0.4, -0.2) is 79.2 Å². The average molecular weight is 522 g/mol. The van der Waals surface area contributed by atoms with Gasteiger partial charge in [0.05, 0.1) is 17.5 Å². The molecule has 0 bridgehead atoms. The Balaban J connectivity index is 1.84. The van der Waals surface area contributed by atoms with E-state index in [2.05, 4.69) is 5.32 Å². The Hall–Kier alpha value is -2.66. The minimum atomic E-state index is -3.84. The molecule has 2 heterocycles. The molecule has 11 heteroatoms. The summed E-state index contributed by atoms with van der Waals surface area (Å²) < 4.78 is 27.6. The van der Waals surface area contributed by atoms with E-state index in [0.29, 0.717) is 44.7 Å². The molecular weight excluding hydrogens is 480 g/mol. The van der Waals surface area contributed by atoms with E-state index in [0.717, 1.165) is 12.8 Å². The quantitative estimate of drug-likeness (QED) is 0.286. The molecule has 0 radical (unpaired) electrons. The maximum atomic E-state index is 14.1. The number of carbonyl (C=O) groups is 2. The lowest BCUT2D eigenvalue weighted by Crippen LogP contribution is -2.67. The number of sulfonamides is 1. The van der Waals surface area contributed by atoms with E-state index in [-0.39, 0.29) is 24.0 Å². The van der Waals surface area contributed by atoms with Gasteiger partial charge in [0.2, 0.25) is 10.0 Å². The fourth-order valence-electron chi connectivity index (χ4n) is 5.38. The van der Waals surface area contributed by atoms with Gasteiger partial charge in [0.1, 0.15) is 6.04 Å². The van der Waals surface area contributed by atoms with Gasteiger partial charge >= 0.3 is 11.9 Å². The van der Waals surface area contributed by atoms with Crippen molar-refractivity contribution in [1.82, 2.24) is 10.2 Å². The summed E-state index contributed by atoms with van der Waals surface area (Å²) in [6.07, 6.45) is 3.03. The summed E-state index contributed by atoms with van der Waals surface area (Å²) in [6, 6.07) is 6.96. The molecule has 2 aliphatic rings. The van der Waals surface area contributed by atoms with Crippen molar-refractivity contribution >= 4 is 33.6 Å². The Morgan fingerprint density at radius 3 is 2.28 bits per heavy atom. The number of urea groups is 1. The van der Waals surface area contributed by atoms with Crippen molar-refractivity contribution in [3.63, 3.8) is 0 Å². The standard InChI is InChI=1S/C25H40N6O4S/c1-18(2)36(34,35)30(22-10-6-5-7-11-22)20(4)23(32)31(16-8-9-19(31)3)25(33)28-17-21-12-14-29(15-13-21)24(26)27/h5-7,10-11,18-21H,8-9,12-17H2,1-4H3,(H3-,26,27,28,33)/p+1/t19-,20+,31?/m1/s1. The van der Waals surface area contributed by atoms with Crippen LogP contribution in [0, 0.1) is 11.3 Å². The first-order valence-corrected chi connectivity index (χ1v) is 14.3. The van der Waals surface area contributed by atoms with Crippen LogP contribution in [0.5, 0.6) is 0 Å². The number of nitrogens with zero attached hydrogens (tertiary/aromatic N) is 3. The van der Waals surface area contributed by atoms with Crippen LogP contribution in [0.1, 0.15) is 53.4 Å². The fraction of sp³-hybridized carbons (Fsp3) is 0.640. The lowest BCUT2D eigenvalue weighted by atomic mass is 9.97. The largest absolute Gasteiger partial charge is 0.424 e. The molecule has 1 aromatic carbocycles. The van der Waals surface area contributed by atoms with Crippen LogP contribution in [-0.2, 0) is 14.8 Å². The second-order valence-corrected chi connectivity index (χ2v) is 12.7. The highest BCUT2D eigenvalue weighted by atomic mass is 32.2. The van der Waals surface area contributed by atoms with E-state index in [1.165, 1.54) is 4.31 Å². The summed E-state index contributed by atoms with van der Waals surface area (Å²) in [5, 5.41) is 9.88. The van der Waals surface area contributed by atoms with Gasteiger partial charge in [-0.1, -0.05) is 18.2 Å². The van der Waals surface area contributed by atoms with Crippen molar-refractivity contribution in [2.24, 2.45) is 11.7 Å². The van der Waals surface area contributed by atoms with Gasteiger partial charge in [0, 0.05) is 32.5 Å². The molecule has 0 aromatic heterocycles. The number of anilines is 1. The van der Waals surface area contributed by atoms with Crippen molar-refractivity contribution in [2.75, 3.05) is 30.5 Å². The number of carbonyl (C=O) groups excluding carboxylic acids is 2. The minimum Gasteiger partial charge on any atom is -0.370 e. The molecule has 0 aliphatic carbocycles. The zero-order valence-corrected chi connectivity index (χ0v) is 22.6. The van der Waals surface area contributed by atoms with Crippen LogP contribution in [0.25, 0.3) is 0 Å². The number of imide groups is 1. The van der Waals surface area contributed by atoms with Crippen LogP contribution in [0.2, 0.25) is 0 Å². The number of rotatable bonds is 7. The van der Waals surface area contributed by atoms with E-state index in [9.17, 15) is 18.0 Å². The zero-order valence-electron chi connectivity index (χ0n) is 21.8. The van der Waals surface area contributed by atoms with Gasteiger partial charge in [0.15, 0.2) is 12.0 Å². The van der Waals surface area contributed by atoms with Crippen molar-refractivity contribution in [2.45, 2.75) is 70.7 Å². The van der Waals surface area contributed by atoms with Crippen molar-refractivity contribution in [3.05, 3.63) is 30.3 Å². The maximum Gasteiger partial charge on any atom is 0.424 e. The smallest absolute Gasteiger partial charge is 0.370 e. The molecule has 36 heavy (non-hydrogen) atoms. The predicted molar refractivity (Wildman–Crippen MR) is 141 cm³/mol. The first kappa shape index (κ1) is 27.9. The van der Waals surface area contributed by atoms with Crippen molar-refractivity contribution in [3.8, 4) is 0 Å². The molecule has 3 amide bonds. The topological polar surface area (TPSA) is 137 Å². The van der Waals surface area contributed by atoms with Gasteiger partial charge in [0.25, 0.3) is 0 Å². The molecule has 3 rings (SSSR count). The number of para-hydroxylation sites is 1. The number of piperidine rings is 1. The summed E-state index contributed by atoms with van der Waals surface area (Å²) >= 11 is 0. The number of likely N-dealkylation sites (tertiary alicyclic amines) is 2. The van der Waals surface area contributed by atoms with Crippen LogP contribution >= 0.6 is 0 Å². The highest BCUT2D eigenvalue weighted by Crippen LogP contribution is 2.33. The third kappa shape index (κ3) is 5.36. The van der Waals surface area contributed by atoms with E-state index in [4.69, 9.17) is 11.1 Å². The second-order valence-electron chi connectivity index (χ2n) is 10.3. The van der Waals surface area contributed by atoms with E-state index in [1.54, 1.807) is 51.1 Å². The third-order valence-corrected chi connectivity index (χ3v) is 9.99. The number of guanidine groups is 1. The first-order valence-electron chi connectivity index (χ1n) is 12.8. The van der Waals surface area contributed by atoms with Gasteiger partial charge in [-0.15, -0.1) is 0 Å². The number of nitrogens with one attached hydrogen (secondary N) is 2. The summed E-state index contributed by atoms with van der Waals surface area (Å²) in [5.74, 6) is -0.110. The van der Waals surface area contributed by atoms with E-state index in [1.807, 2.05) is 11.8 Å². The molecule has 2 saturated heterocycles. The van der Waals surface area contributed by atoms with Gasteiger partial charge < -0.3 is 16.0 Å². The molecule has 200 valence electrons. The monoisotopic (exact) mass is 521 g/mol. The summed E-state index contributed by atoms with van der Waals surface area (Å²) in [4.78, 5) is 29.6. The van der Waals surface area contributed by atoms with Crippen LogP contribution < -0.4 is 15.4 Å². The Morgan fingerprint density at radius 1 is 1.17 bits per heavy atom. The molecule has 0 saturated carbocycles. The van der Waals surface area contributed by atoms with E-state index < -0.39 is 31.7 Å². The Kier molecular flexibility index (Phi) is 8.66. The van der Waals surface area contributed by atoms with Gasteiger partial charge in [-0.25, -0.2) is 18.0 Å². The molecule has 1 aromatic rings. The predicted octanol–water partition coefficient (Wildman–Crippen LogP) is 2.46. The van der Waals surface area contributed by atoms with Crippen LogP contribution in [0.4, 0.5) is 10.5 Å². The highest BCUT2D eigenvalue weighted by Gasteiger charge is 2.56. The van der Waals surface area contributed by atoms with E-state index >= 15 is 0 Å². The minimum absolute atomic E-state index is 0.0618. The summed E-state index contributed by atoms with van der Waals surface area (Å²) in [5.41, 5.74) is 5.99. The van der Waals surface area contributed by atoms with Crippen LogP contribution in [0.15, 0.2) is 30.3 Å². The number of hydrogen-bond donors (Lipinski definition) is 3. The van der Waals surface area contributed by atoms with Gasteiger partial charge in [-0.2, -0.15) is 4.48 Å². The lowest BCUT2D eigenvalue weighted by molar-refractivity contribution is -0.785. The first-order chi connectivity index (χ1) is 16.9. The number of hydrogen-bond acceptors (Lipinski definition) is 5. The number of amides is 3. The molecule has 2 fully saturated rings. The average Bonchev–Trinajstić information content (AvgIpc) is 3.24. The zero-order chi connectivity index (χ0) is 26.7. The maximum absolute atomic E-state index is 14.1. The molecule has 4 N–H and O–H groups in total. The number of nitrogens with two attached hydrogens (primary N) is 1. The fourth-order valence-corrected chi connectivity index (χ4v) is 6.78.